The first-order chi connectivity index (χ1) is 15.3. The summed E-state index contributed by atoms with van der Waals surface area (Å²) in [5.41, 5.74) is 2.78. The Kier molecular flexibility index (Phi) is 6.32. The molecule has 1 atom stereocenters. The Morgan fingerprint density at radius 2 is 2.09 bits per heavy atom. The summed E-state index contributed by atoms with van der Waals surface area (Å²) in [6.45, 7) is 10.5. The van der Waals surface area contributed by atoms with Gasteiger partial charge in [-0.2, -0.15) is 0 Å². The summed E-state index contributed by atoms with van der Waals surface area (Å²) >= 11 is 0. The second-order valence-electron chi connectivity index (χ2n) is 8.67. The molecule has 170 valence electrons. The number of furan rings is 1. The highest BCUT2D eigenvalue weighted by molar-refractivity contribution is 6.06. The molecule has 1 saturated heterocycles. The van der Waals surface area contributed by atoms with Gasteiger partial charge in [-0.05, 0) is 51.4 Å². The lowest BCUT2D eigenvalue weighted by Crippen LogP contribution is -2.52. The Hall–Kier alpha value is -3.13. The van der Waals surface area contributed by atoms with E-state index in [-0.39, 0.29) is 28.1 Å². The number of piperazine rings is 1. The van der Waals surface area contributed by atoms with Gasteiger partial charge in [0.25, 0.3) is 11.5 Å². The molecule has 0 saturated carbocycles. The van der Waals surface area contributed by atoms with Crippen LogP contribution in [0.3, 0.4) is 0 Å². The van der Waals surface area contributed by atoms with E-state index in [1.54, 1.807) is 14.0 Å². The first kappa shape index (κ1) is 22.1. The monoisotopic (exact) mass is 437 g/mol. The van der Waals surface area contributed by atoms with Crippen molar-refractivity contribution >= 4 is 22.7 Å². The van der Waals surface area contributed by atoms with Gasteiger partial charge in [0.2, 0.25) is 5.71 Å². The maximum absolute atomic E-state index is 12.8. The van der Waals surface area contributed by atoms with Gasteiger partial charge >= 0.3 is 0 Å². The molecular weight excluding hydrogens is 406 g/mol. The van der Waals surface area contributed by atoms with E-state index in [9.17, 15) is 9.59 Å². The van der Waals surface area contributed by atoms with Crippen LogP contribution < -0.4 is 15.8 Å². The van der Waals surface area contributed by atoms with E-state index < -0.39 is 0 Å². The SMILES string of the molecule is Cc1cccc(N2CCN(CCCNC(=O)c3c(C)oc4ncn(C)c(=O)c34)CC2C)c1. The zero-order valence-electron chi connectivity index (χ0n) is 19.2. The molecule has 0 radical (unpaired) electrons. The molecule has 0 aliphatic carbocycles. The van der Waals surface area contributed by atoms with Crippen LogP contribution in [0.4, 0.5) is 5.69 Å². The maximum Gasteiger partial charge on any atom is 0.265 e. The fraction of sp³-hybridized carbons (Fsp3) is 0.458. The minimum absolute atomic E-state index is 0.205. The zero-order valence-corrected chi connectivity index (χ0v) is 19.2. The number of hydrogen-bond donors (Lipinski definition) is 1. The predicted octanol–water partition coefficient (Wildman–Crippen LogP) is 2.47. The lowest BCUT2D eigenvalue weighted by atomic mass is 10.1. The van der Waals surface area contributed by atoms with Crippen molar-refractivity contribution in [1.29, 1.82) is 0 Å². The Morgan fingerprint density at radius 1 is 1.28 bits per heavy atom. The van der Waals surface area contributed by atoms with Gasteiger partial charge in [0.15, 0.2) is 0 Å². The molecule has 1 fully saturated rings. The molecule has 0 bridgehead atoms. The normalized spacial score (nSPS) is 17.1. The van der Waals surface area contributed by atoms with Crippen LogP contribution in [-0.2, 0) is 7.05 Å². The summed E-state index contributed by atoms with van der Waals surface area (Å²) in [5, 5.41) is 3.19. The number of fused-ring (bicyclic) bond motifs is 1. The summed E-state index contributed by atoms with van der Waals surface area (Å²) in [6.07, 6.45) is 2.24. The molecule has 8 nitrogen and oxygen atoms in total. The van der Waals surface area contributed by atoms with Crippen molar-refractivity contribution in [2.24, 2.45) is 7.05 Å². The fourth-order valence-corrected chi connectivity index (χ4v) is 4.48. The number of aromatic nitrogens is 2. The average molecular weight is 438 g/mol. The van der Waals surface area contributed by atoms with Crippen molar-refractivity contribution in [2.75, 3.05) is 37.6 Å². The van der Waals surface area contributed by atoms with Crippen LogP contribution in [0.15, 0.2) is 39.8 Å². The molecular formula is C24H31N5O3. The highest BCUT2D eigenvalue weighted by Crippen LogP contribution is 2.22. The molecule has 1 unspecified atom stereocenters. The molecule has 1 aromatic carbocycles. The van der Waals surface area contributed by atoms with Crippen molar-refractivity contribution < 1.29 is 9.21 Å². The lowest BCUT2D eigenvalue weighted by molar-refractivity contribution is 0.0951. The van der Waals surface area contributed by atoms with Crippen molar-refractivity contribution in [1.82, 2.24) is 19.8 Å². The molecule has 4 rings (SSSR count). The van der Waals surface area contributed by atoms with E-state index in [2.05, 4.69) is 58.2 Å². The van der Waals surface area contributed by atoms with Gasteiger partial charge in [0, 0.05) is 45.0 Å². The van der Waals surface area contributed by atoms with E-state index in [0.29, 0.717) is 18.3 Å². The van der Waals surface area contributed by atoms with Crippen LogP contribution in [0.25, 0.3) is 11.1 Å². The molecule has 1 N–H and O–H groups in total. The van der Waals surface area contributed by atoms with E-state index in [1.807, 2.05) is 0 Å². The Labute approximate surface area is 187 Å². The second-order valence-corrected chi connectivity index (χ2v) is 8.67. The number of carbonyl (C=O) groups is 1. The number of hydrogen-bond acceptors (Lipinski definition) is 6. The molecule has 8 heteroatoms. The summed E-state index contributed by atoms with van der Waals surface area (Å²) in [7, 11) is 1.61. The van der Waals surface area contributed by atoms with Crippen molar-refractivity contribution in [3.63, 3.8) is 0 Å². The molecule has 2 aromatic heterocycles. The molecule has 0 spiro atoms. The van der Waals surface area contributed by atoms with Crippen LogP contribution in [0.1, 0.15) is 35.0 Å². The summed E-state index contributed by atoms with van der Waals surface area (Å²) in [5.74, 6) is 0.124. The summed E-state index contributed by atoms with van der Waals surface area (Å²) in [4.78, 5) is 34.2. The van der Waals surface area contributed by atoms with Gasteiger partial charge in [0.05, 0.1) is 5.56 Å². The first-order valence-corrected chi connectivity index (χ1v) is 11.1. The molecule has 1 aliphatic rings. The minimum atomic E-state index is -0.288. The number of aryl methyl sites for hydroxylation is 3. The molecule has 3 aromatic rings. The minimum Gasteiger partial charge on any atom is -0.442 e. The van der Waals surface area contributed by atoms with Crippen molar-refractivity contribution in [2.45, 2.75) is 33.2 Å². The van der Waals surface area contributed by atoms with Crippen LogP contribution >= 0.6 is 0 Å². The summed E-state index contributed by atoms with van der Waals surface area (Å²) < 4.78 is 6.88. The number of amides is 1. The van der Waals surface area contributed by atoms with Crippen LogP contribution in [0, 0.1) is 13.8 Å². The van der Waals surface area contributed by atoms with Crippen LogP contribution in [-0.4, -0.2) is 59.1 Å². The smallest absolute Gasteiger partial charge is 0.265 e. The van der Waals surface area contributed by atoms with Gasteiger partial charge in [-0.15, -0.1) is 0 Å². The number of nitrogens with zero attached hydrogens (tertiary/aromatic N) is 4. The molecule has 32 heavy (non-hydrogen) atoms. The van der Waals surface area contributed by atoms with E-state index in [1.165, 1.54) is 22.1 Å². The zero-order chi connectivity index (χ0) is 22.8. The fourth-order valence-electron chi connectivity index (χ4n) is 4.48. The van der Waals surface area contributed by atoms with Gasteiger partial charge < -0.3 is 19.2 Å². The van der Waals surface area contributed by atoms with Gasteiger partial charge in [-0.25, -0.2) is 4.98 Å². The third kappa shape index (κ3) is 4.41. The first-order valence-electron chi connectivity index (χ1n) is 11.1. The standard InChI is InChI=1S/C24H31N5O3/c1-16-7-5-8-19(13-16)29-12-11-28(14-17(29)2)10-6-9-25-22(30)20-18(3)32-23-21(20)24(31)27(4)15-26-23/h5,7-8,13,15,17H,6,9-12,14H2,1-4H3,(H,25,30). The lowest BCUT2D eigenvalue weighted by Gasteiger charge is -2.41. The molecule has 3 heterocycles. The topological polar surface area (TPSA) is 83.6 Å². The number of benzene rings is 1. The third-order valence-electron chi connectivity index (χ3n) is 6.16. The number of anilines is 1. The number of carbonyl (C=O) groups excluding carboxylic acids is 1. The van der Waals surface area contributed by atoms with Gasteiger partial charge in [-0.1, -0.05) is 12.1 Å². The van der Waals surface area contributed by atoms with Crippen LogP contribution in [0.2, 0.25) is 0 Å². The van der Waals surface area contributed by atoms with E-state index in [4.69, 9.17) is 4.42 Å². The van der Waals surface area contributed by atoms with Gasteiger partial charge in [0.1, 0.15) is 17.5 Å². The highest BCUT2D eigenvalue weighted by atomic mass is 16.3. The number of nitrogens with one attached hydrogen (secondary N) is 1. The van der Waals surface area contributed by atoms with Crippen LogP contribution in [0.5, 0.6) is 0 Å². The Morgan fingerprint density at radius 3 is 2.84 bits per heavy atom. The maximum atomic E-state index is 12.8. The summed E-state index contributed by atoms with van der Waals surface area (Å²) in [6, 6.07) is 9.10. The quantitative estimate of drug-likeness (QED) is 0.597. The molecule has 1 aliphatic heterocycles. The highest BCUT2D eigenvalue weighted by Gasteiger charge is 2.24. The van der Waals surface area contributed by atoms with E-state index >= 15 is 0 Å². The largest absolute Gasteiger partial charge is 0.442 e. The third-order valence-corrected chi connectivity index (χ3v) is 6.16. The number of rotatable bonds is 6. The van der Waals surface area contributed by atoms with Crippen molar-refractivity contribution in [3.05, 3.63) is 57.8 Å². The van der Waals surface area contributed by atoms with E-state index in [0.717, 1.165) is 32.6 Å². The second kappa shape index (κ2) is 9.16. The predicted molar refractivity (Wildman–Crippen MR) is 125 cm³/mol. The van der Waals surface area contributed by atoms with Crippen molar-refractivity contribution in [3.8, 4) is 0 Å². The average Bonchev–Trinajstić information content (AvgIpc) is 3.10. The van der Waals surface area contributed by atoms with Gasteiger partial charge in [-0.3, -0.25) is 14.5 Å². The molecule has 1 amide bonds. The Balaban J connectivity index is 1.30. The Bertz CT molecular complexity index is 1180.